The molecule has 0 saturated carbocycles. The Morgan fingerprint density at radius 3 is 2.72 bits per heavy atom. The fourth-order valence-corrected chi connectivity index (χ4v) is 6.00. The Morgan fingerprint density at radius 1 is 1.17 bits per heavy atom. The van der Waals surface area contributed by atoms with Crippen LogP contribution in [0.15, 0.2) is 47.4 Å². The second-order valence-electron chi connectivity index (χ2n) is 8.51. The summed E-state index contributed by atoms with van der Waals surface area (Å²) in [6.07, 6.45) is 2.21. The summed E-state index contributed by atoms with van der Waals surface area (Å²) in [5, 5.41) is 0.756. The summed E-state index contributed by atoms with van der Waals surface area (Å²) in [5.74, 6) is 2.64. The molecule has 3 aromatic rings. The zero-order valence-corrected chi connectivity index (χ0v) is 22.7. The molecule has 0 unspecified atom stereocenters. The van der Waals surface area contributed by atoms with Gasteiger partial charge in [0.15, 0.2) is 5.13 Å². The highest BCUT2D eigenvalue weighted by Gasteiger charge is 2.21. The van der Waals surface area contributed by atoms with E-state index in [9.17, 15) is 4.79 Å². The number of para-hydroxylation sites is 1. The summed E-state index contributed by atoms with van der Waals surface area (Å²) in [6.45, 7) is 7.64. The van der Waals surface area contributed by atoms with Gasteiger partial charge in [-0.15, -0.1) is 11.8 Å². The number of ether oxygens (including phenoxy) is 3. The van der Waals surface area contributed by atoms with Crippen molar-refractivity contribution in [2.24, 2.45) is 0 Å². The van der Waals surface area contributed by atoms with E-state index in [-0.39, 0.29) is 5.91 Å². The molecule has 0 bridgehead atoms. The lowest BCUT2D eigenvalue weighted by Crippen LogP contribution is -2.39. The molecule has 194 valence electrons. The maximum Gasteiger partial charge on any atom is 0.228 e. The largest absolute Gasteiger partial charge is 0.497 e. The van der Waals surface area contributed by atoms with E-state index in [4.69, 9.17) is 19.2 Å². The molecule has 2 aromatic carbocycles. The van der Waals surface area contributed by atoms with Crippen LogP contribution in [0, 0.1) is 0 Å². The van der Waals surface area contributed by atoms with Crippen molar-refractivity contribution in [2.45, 2.75) is 31.1 Å². The number of benzene rings is 2. The van der Waals surface area contributed by atoms with Gasteiger partial charge >= 0.3 is 0 Å². The first-order valence-corrected chi connectivity index (χ1v) is 14.4. The number of anilines is 1. The van der Waals surface area contributed by atoms with E-state index in [0.29, 0.717) is 19.6 Å². The van der Waals surface area contributed by atoms with Crippen molar-refractivity contribution in [1.82, 2.24) is 9.88 Å². The molecular weight excluding hydrogens is 494 g/mol. The third-order valence-corrected chi connectivity index (χ3v) is 8.17. The predicted octanol–water partition coefficient (Wildman–Crippen LogP) is 5.33. The molecule has 7 nitrogen and oxygen atoms in total. The SMILES string of the molecule is CCOc1cccc2sc(N(CCCN3CCOCC3)C(=O)CCCSc3ccc(OC)cc3)nc12. The Labute approximate surface area is 221 Å². The molecule has 1 aliphatic heterocycles. The molecule has 1 aliphatic rings. The predicted molar refractivity (Wildman–Crippen MR) is 148 cm³/mol. The summed E-state index contributed by atoms with van der Waals surface area (Å²) < 4.78 is 17.5. The van der Waals surface area contributed by atoms with Crippen LogP contribution in [0.1, 0.15) is 26.2 Å². The van der Waals surface area contributed by atoms with Crippen LogP contribution in [-0.2, 0) is 9.53 Å². The number of aromatic nitrogens is 1. The number of rotatable bonds is 13. The second-order valence-corrected chi connectivity index (χ2v) is 10.7. The minimum Gasteiger partial charge on any atom is -0.497 e. The van der Waals surface area contributed by atoms with Crippen LogP contribution in [0.2, 0.25) is 0 Å². The highest BCUT2D eigenvalue weighted by atomic mass is 32.2. The normalized spacial score (nSPS) is 14.2. The van der Waals surface area contributed by atoms with Crippen molar-refractivity contribution >= 4 is 44.4 Å². The van der Waals surface area contributed by atoms with E-state index in [1.165, 1.54) is 4.90 Å². The van der Waals surface area contributed by atoms with Gasteiger partial charge in [-0.3, -0.25) is 14.6 Å². The van der Waals surface area contributed by atoms with Crippen molar-refractivity contribution < 1.29 is 19.0 Å². The van der Waals surface area contributed by atoms with Crippen molar-refractivity contribution in [3.05, 3.63) is 42.5 Å². The average Bonchev–Trinajstić information content (AvgIpc) is 3.35. The van der Waals surface area contributed by atoms with Gasteiger partial charge in [0.25, 0.3) is 0 Å². The van der Waals surface area contributed by atoms with Crippen molar-refractivity contribution in [1.29, 1.82) is 0 Å². The first kappa shape index (κ1) is 26.7. The highest BCUT2D eigenvalue weighted by Crippen LogP contribution is 2.35. The van der Waals surface area contributed by atoms with E-state index in [0.717, 1.165) is 78.3 Å². The summed E-state index contributed by atoms with van der Waals surface area (Å²) in [4.78, 5) is 23.7. The number of hydrogen-bond donors (Lipinski definition) is 0. The molecule has 1 amide bonds. The van der Waals surface area contributed by atoms with E-state index in [2.05, 4.69) is 17.0 Å². The number of amides is 1. The van der Waals surface area contributed by atoms with Gasteiger partial charge in [-0.05, 0) is 61.9 Å². The number of hydrogen-bond acceptors (Lipinski definition) is 8. The zero-order chi connectivity index (χ0) is 25.2. The van der Waals surface area contributed by atoms with Crippen LogP contribution in [-0.4, -0.2) is 74.7 Å². The molecule has 4 rings (SSSR count). The Bertz CT molecular complexity index is 1100. The Morgan fingerprint density at radius 2 is 1.97 bits per heavy atom. The number of thioether (sulfide) groups is 1. The second kappa shape index (κ2) is 13.8. The van der Waals surface area contributed by atoms with Crippen LogP contribution < -0.4 is 14.4 Å². The molecule has 0 aliphatic carbocycles. The minimum absolute atomic E-state index is 0.129. The van der Waals surface area contributed by atoms with Gasteiger partial charge in [0.05, 0.1) is 31.6 Å². The van der Waals surface area contributed by atoms with Gasteiger partial charge in [-0.25, -0.2) is 4.98 Å². The van der Waals surface area contributed by atoms with Crippen LogP contribution in [0.5, 0.6) is 11.5 Å². The smallest absolute Gasteiger partial charge is 0.228 e. The Hall–Kier alpha value is -2.33. The lowest BCUT2D eigenvalue weighted by atomic mass is 10.2. The van der Waals surface area contributed by atoms with E-state index >= 15 is 0 Å². The minimum atomic E-state index is 0.129. The van der Waals surface area contributed by atoms with Gasteiger partial charge in [-0.1, -0.05) is 17.4 Å². The highest BCUT2D eigenvalue weighted by molar-refractivity contribution is 7.99. The lowest BCUT2D eigenvalue weighted by molar-refractivity contribution is -0.118. The van der Waals surface area contributed by atoms with E-state index in [1.54, 1.807) is 30.2 Å². The Kier molecular flexibility index (Phi) is 10.3. The molecule has 0 radical (unpaired) electrons. The molecule has 1 saturated heterocycles. The maximum absolute atomic E-state index is 13.4. The molecule has 0 atom stereocenters. The fraction of sp³-hybridized carbons (Fsp3) is 0.481. The van der Waals surface area contributed by atoms with Crippen LogP contribution in [0.25, 0.3) is 10.2 Å². The molecule has 0 N–H and O–H groups in total. The van der Waals surface area contributed by atoms with Crippen LogP contribution >= 0.6 is 23.1 Å². The topological polar surface area (TPSA) is 64.1 Å². The first-order valence-electron chi connectivity index (χ1n) is 12.6. The summed E-state index contributed by atoms with van der Waals surface area (Å²) >= 11 is 3.33. The van der Waals surface area contributed by atoms with Crippen LogP contribution in [0.3, 0.4) is 0 Å². The number of morpholine rings is 1. The average molecular weight is 530 g/mol. The maximum atomic E-state index is 13.4. The van der Waals surface area contributed by atoms with Gasteiger partial charge in [0.1, 0.15) is 17.0 Å². The number of methoxy groups -OCH3 is 1. The van der Waals surface area contributed by atoms with Crippen molar-refractivity contribution in [3.63, 3.8) is 0 Å². The number of carbonyl (C=O) groups excluding carboxylic acids is 1. The van der Waals surface area contributed by atoms with E-state index in [1.807, 2.05) is 42.2 Å². The van der Waals surface area contributed by atoms with Gasteiger partial charge < -0.3 is 14.2 Å². The van der Waals surface area contributed by atoms with E-state index < -0.39 is 0 Å². The number of carbonyl (C=O) groups is 1. The van der Waals surface area contributed by atoms with Gasteiger partial charge in [0, 0.05) is 37.5 Å². The summed E-state index contributed by atoms with van der Waals surface area (Å²) in [6, 6.07) is 14.0. The lowest BCUT2D eigenvalue weighted by Gasteiger charge is -2.27. The summed E-state index contributed by atoms with van der Waals surface area (Å²) in [7, 11) is 1.67. The molecule has 2 heterocycles. The third kappa shape index (κ3) is 7.35. The molecule has 1 fully saturated rings. The number of thiazole rings is 1. The first-order chi connectivity index (χ1) is 17.7. The quantitative estimate of drug-likeness (QED) is 0.219. The zero-order valence-electron chi connectivity index (χ0n) is 21.1. The number of fused-ring (bicyclic) bond motifs is 1. The molecule has 0 spiro atoms. The molecule has 1 aromatic heterocycles. The Balaban J connectivity index is 1.39. The van der Waals surface area contributed by atoms with Crippen LogP contribution in [0.4, 0.5) is 5.13 Å². The molecule has 9 heteroatoms. The monoisotopic (exact) mass is 529 g/mol. The van der Waals surface area contributed by atoms with Crippen molar-refractivity contribution in [3.8, 4) is 11.5 Å². The third-order valence-electron chi connectivity index (χ3n) is 6.03. The summed E-state index contributed by atoms with van der Waals surface area (Å²) in [5.41, 5.74) is 0.834. The standard InChI is InChI=1S/C27H35N3O4S2/c1-3-34-23-7-4-8-24-26(23)28-27(36-24)30(15-6-14-29-16-18-33-19-17-29)25(31)9-5-20-35-22-12-10-21(32-2)11-13-22/h4,7-8,10-13H,3,5-6,9,14-20H2,1-2H3. The number of nitrogens with zero attached hydrogens (tertiary/aromatic N) is 3. The van der Waals surface area contributed by atoms with Crippen molar-refractivity contribution in [2.75, 3.05) is 63.8 Å². The fourth-order valence-electron chi connectivity index (χ4n) is 4.12. The molecular formula is C27H35N3O4S2. The van der Waals surface area contributed by atoms with Gasteiger partial charge in [-0.2, -0.15) is 0 Å². The molecule has 36 heavy (non-hydrogen) atoms. The van der Waals surface area contributed by atoms with Gasteiger partial charge in [0.2, 0.25) is 5.91 Å².